The lowest BCUT2D eigenvalue weighted by molar-refractivity contribution is 0.196. The molecule has 0 aliphatic carbocycles. The molecular formula is C13H14FNO2S. The van der Waals surface area contributed by atoms with E-state index in [2.05, 4.69) is 4.98 Å². The van der Waals surface area contributed by atoms with Crippen LogP contribution >= 0.6 is 11.8 Å². The first-order valence-corrected chi connectivity index (χ1v) is 6.38. The van der Waals surface area contributed by atoms with Gasteiger partial charge in [0.05, 0.1) is 11.8 Å². The van der Waals surface area contributed by atoms with Gasteiger partial charge in [0, 0.05) is 4.90 Å². The molecule has 96 valence electrons. The molecule has 0 spiro atoms. The third-order valence-corrected chi connectivity index (χ3v) is 3.57. The summed E-state index contributed by atoms with van der Waals surface area (Å²) in [5, 5.41) is 10.1. The van der Waals surface area contributed by atoms with E-state index in [0.717, 1.165) is 16.3 Å². The molecule has 0 fully saturated rings. The van der Waals surface area contributed by atoms with Crippen molar-refractivity contribution < 1.29 is 13.9 Å². The Labute approximate surface area is 109 Å². The molecule has 1 aromatic carbocycles. The molecule has 0 aliphatic rings. The molecule has 3 nitrogen and oxygen atoms in total. The first-order valence-electron chi connectivity index (χ1n) is 5.56. The Balaban J connectivity index is 2.33. The zero-order valence-corrected chi connectivity index (χ0v) is 11.2. The van der Waals surface area contributed by atoms with Gasteiger partial charge in [-0.15, -0.1) is 0 Å². The average molecular weight is 267 g/mol. The monoisotopic (exact) mass is 267 g/mol. The maximum atomic E-state index is 13.2. The van der Waals surface area contributed by atoms with E-state index >= 15 is 0 Å². The average Bonchev–Trinajstić information content (AvgIpc) is 2.60. The molecular weight excluding hydrogens is 253 g/mol. The molecule has 0 amide bonds. The second-order valence-electron chi connectivity index (χ2n) is 4.08. The Morgan fingerprint density at radius 1 is 1.39 bits per heavy atom. The number of rotatable bonds is 3. The Morgan fingerprint density at radius 2 is 2.11 bits per heavy atom. The van der Waals surface area contributed by atoms with Gasteiger partial charge in [-0.05, 0) is 56.3 Å². The first-order chi connectivity index (χ1) is 8.47. The van der Waals surface area contributed by atoms with E-state index in [9.17, 15) is 9.50 Å². The summed E-state index contributed by atoms with van der Waals surface area (Å²) in [6, 6.07) is 4.31. The molecule has 18 heavy (non-hydrogen) atoms. The molecule has 1 heterocycles. The van der Waals surface area contributed by atoms with Gasteiger partial charge in [-0.2, -0.15) is 0 Å². The second kappa shape index (κ2) is 5.12. The predicted octanol–water partition coefficient (Wildman–Crippen LogP) is 3.64. The van der Waals surface area contributed by atoms with E-state index < -0.39 is 6.10 Å². The lowest BCUT2D eigenvalue weighted by atomic mass is 10.1. The summed E-state index contributed by atoms with van der Waals surface area (Å²) >= 11 is 1.28. The summed E-state index contributed by atoms with van der Waals surface area (Å²) < 4.78 is 18.6. The Morgan fingerprint density at radius 3 is 2.67 bits per heavy atom. The standard InChI is InChI=1S/C13H14FNO2S/c1-7-9(3)17-13(15-7)18-12-5-4-10(14)6-11(12)8(2)16/h4-6,8,16H,1-3H3/t8-/m0/s1. The molecule has 0 saturated carbocycles. The van der Waals surface area contributed by atoms with Crippen LogP contribution in [0, 0.1) is 19.7 Å². The van der Waals surface area contributed by atoms with Crippen molar-refractivity contribution in [1.82, 2.24) is 4.98 Å². The van der Waals surface area contributed by atoms with Crippen LogP contribution in [0.1, 0.15) is 30.0 Å². The summed E-state index contributed by atoms with van der Waals surface area (Å²) in [5.41, 5.74) is 1.37. The lowest BCUT2D eigenvalue weighted by Gasteiger charge is -2.09. The van der Waals surface area contributed by atoms with E-state index in [-0.39, 0.29) is 5.82 Å². The van der Waals surface area contributed by atoms with Crippen molar-refractivity contribution in [2.45, 2.75) is 37.0 Å². The summed E-state index contributed by atoms with van der Waals surface area (Å²) in [7, 11) is 0. The van der Waals surface area contributed by atoms with E-state index in [1.54, 1.807) is 13.0 Å². The fraction of sp³-hybridized carbons (Fsp3) is 0.308. The van der Waals surface area contributed by atoms with Crippen LogP contribution in [0.5, 0.6) is 0 Å². The van der Waals surface area contributed by atoms with Crippen molar-refractivity contribution in [2.24, 2.45) is 0 Å². The summed E-state index contributed by atoms with van der Waals surface area (Å²) in [6.07, 6.45) is -0.736. The van der Waals surface area contributed by atoms with Gasteiger partial charge in [0.25, 0.3) is 5.22 Å². The zero-order valence-electron chi connectivity index (χ0n) is 10.4. The summed E-state index contributed by atoms with van der Waals surface area (Å²) in [5.74, 6) is 0.397. The molecule has 0 unspecified atom stereocenters. The van der Waals surface area contributed by atoms with Gasteiger partial charge in [0.2, 0.25) is 0 Å². The van der Waals surface area contributed by atoms with Crippen molar-refractivity contribution in [3.05, 3.63) is 41.0 Å². The largest absolute Gasteiger partial charge is 0.436 e. The number of oxazole rings is 1. The maximum absolute atomic E-state index is 13.2. The lowest BCUT2D eigenvalue weighted by Crippen LogP contribution is -1.95. The third kappa shape index (κ3) is 2.73. The highest BCUT2D eigenvalue weighted by molar-refractivity contribution is 7.99. The fourth-order valence-electron chi connectivity index (χ4n) is 1.52. The quantitative estimate of drug-likeness (QED) is 0.922. The molecule has 0 radical (unpaired) electrons. The number of nitrogens with zero attached hydrogens (tertiary/aromatic N) is 1. The number of aromatic nitrogens is 1. The van der Waals surface area contributed by atoms with Crippen molar-refractivity contribution >= 4 is 11.8 Å². The number of hydrogen-bond acceptors (Lipinski definition) is 4. The molecule has 0 aliphatic heterocycles. The molecule has 2 aromatic rings. The Hall–Kier alpha value is -1.33. The normalized spacial score (nSPS) is 12.7. The van der Waals surface area contributed by atoms with E-state index in [1.807, 2.05) is 13.8 Å². The number of aryl methyl sites for hydroxylation is 2. The molecule has 1 N–H and O–H groups in total. The van der Waals surface area contributed by atoms with Crippen LogP contribution < -0.4 is 0 Å². The molecule has 1 aromatic heterocycles. The van der Waals surface area contributed by atoms with Gasteiger partial charge in [0.1, 0.15) is 11.6 Å². The fourth-order valence-corrected chi connectivity index (χ4v) is 2.54. The molecule has 2 rings (SSSR count). The summed E-state index contributed by atoms with van der Waals surface area (Å²) in [6.45, 7) is 5.31. The number of benzene rings is 1. The maximum Gasteiger partial charge on any atom is 0.261 e. The van der Waals surface area contributed by atoms with Crippen LogP contribution in [-0.4, -0.2) is 10.1 Å². The van der Waals surface area contributed by atoms with Crippen LogP contribution in [-0.2, 0) is 0 Å². The smallest absolute Gasteiger partial charge is 0.261 e. The minimum atomic E-state index is -0.736. The third-order valence-electron chi connectivity index (χ3n) is 2.63. The minimum absolute atomic E-state index is 0.366. The van der Waals surface area contributed by atoms with Gasteiger partial charge in [0.15, 0.2) is 0 Å². The van der Waals surface area contributed by atoms with Crippen LogP contribution in [0.15, 0.2) is 32.7 Å². The highest BCUT2D eigenvalue weighted by Gasteiger charge is 2.14. The second-order valence-corrected chi connectivity index (χ2v) is 5.07. The Kier molecular flexibility index (Phi) is 3.73. The van der Waals surface area contributed by atoms with Crippen LogP contribution in [0.4, 0.5) is 4.39 Å². The Bertz CT molecular complexity index is 547. The van der Waals surface area contributed by atoms with Gasteiger partial charge in [-0.3, -0.25) is 0 Å². The van der Waals surface area contributed by atoms with Crippen molar-refractivity contribution in [3.8, 4) is 0 Å². The number of aliphatic hydroxyl groups excluding tert-OH is 1. The van der Waals surface area contributed by atoms with E-state index in [4.69, 9.17) is 4.42 Å². The zero-order chi connectivity index (χ0) is 13.3. The van der Waals surface area contributed by atoms with E-state index in [0.29, 0.717) is 10.8 Å². The number of hydrogen-bond donors (Lipinski definition) is 1. The number of halogens is 1. The summed E-state index contributed by atoms with van der Waals surface area (Å²) in [4.78, 5) is 4.99. The van der Waals surface area contributed by atoms with Crippen molar-refractivity contribution in [2.75, 3.05) is 0 Å². The SMILES string of the molecule is Cc1nc(Sc2ccc(F)cc2[C@H](C)O)oc1C. The molecule has 0 bridgehead atoms. The van der Waals surface area contributed by atoms with Gasteiger partial charge in [-0.1, -0.05) is 0 Å². The topological polar surface area (TPSA) is 46.3 Å². The van der Waals surface area contributed by atoms with Gasteiger partial charge >= 0.3 is 0 Å². The molecule has 1 atom stereocenters. The predicted molar refractivity (Wildman–Crippen MR) is 67.1 cm³/mol. The van der Waals surface area contributed by atoms with Gasteiger partial charge in [-0.25, -0.2) is 9.37 Å². The molecule has 0 saturated heterocycles. The van der Waals surface area contributed by atoms with Crippen LogP contribution in [0.3, 0.4) is 0 Å². The van der Waals surface area contributed by atoms with Crippen molar-refractivity contribution in [1.29, 1.82) is 0 Å². The van der Waals surface area contributed by atoms with Crippen LogP contribution in [0.2, 0.25) is 0 Å². The first kappa shape index (κ1) is 13.1. The highest BCUT2D eigenvalue weighted by atomic mass is 32.2. The highest BCUT2D eigenvalue weighted by Crippen LogP contribution is 2.34. The van der Waals surface area contributed by atoms with Crippen LogP contribution in [0.25, 0.3) is 0 Å². The van der Waals surface area contributed by atoms with Crippen molar-refractivity contribution in [3.63, 3.8) is 0 Å². The van der Waals surface area contributed by atoms with Gasteiger partial charge < -0.3 is 9.52 Å². The number of aliphatic hydroxyl groups is 1. The van der Waals surface area contributed by atoms with E-state index in [1.165, 1.54) is 23.9 Å². The molecule has 5 heteroatoms. The minimum Gasteiger partial charge on any atom is -0.436 e.